The number of furan rings is 1. The third kappa shape index (κ3) is 4.92. The van der Waals surface area contributed by atoms with Crippen molar-refractivity contribution in [1.82, 2.24) is 9.21 Å². The minimum Gasteiger partial charge on any atom is -0.460 e. The van der Waals surface area contributed by atoms with E-state index in [9.17, 15) is 13.2 Å². The van der Waals surface area contributed by atoms with Gasteiger partial charge in [0.25, 0.3) is 5.91 Å². The molecule has 0 aromatic carbocycles. The quantitative estimate of drug-likeness (QED) is 0.512. The number of likely N-dealkylation sites (N-methyl/N-ethyl adjacent to an activating group) is 1. The number of thioether (sulfide) groups is 1. The first-order valence-electron chi connectivity index (χ1n) is 7.42. The molecule has 1 fully saturated rings. The molecule has 1 aliphatic rings. The number of sulfonamides is 1. The molecule has 1 aliphatic heterocycles. The SMILES string of the molecule is CCN1C(=O)/C(=C/c2ccc(CN(CCC#N)S(C)(=O)=O)o2)SC1=S. The number of hydrogen-bond acceptors (Lipinski definition) is 7. The number of rotatable bonds is 7. The highest BCUT2D eigenvalue weighted by Gasteiger charge is 2.31. The Labute approximate surface area is 156 Å². The van der Waals surface area contributed by atoms with Crippen molar-refractivity contribution in [1.29, 1.82) is 5.26 Å². The number of carbonyl (C=O) groups is 1. The Morgan fingerprint density at radius 1 is 1.48 bits per heavy atom. The Balaban J connectivity index is 2.15. The van der Waals surface area contributed by atoms with Crippen molar-refractivity contribution >= 4 is 50.3 Å². The van der Waals surface area contributed by atoms with Crippen LogP contribution in [0.1, 0.15) is 24.9 Å². The van der Waals surface area contributed by atoms with Gasteiger partial charge in [-0.05, 0) is 19.1 Å². The summed E-state index contributed by atoms with van der Waals surface area (Å²) in [5, 5.41) is 8.65. The van der Waals surface area contributed by atoms with Gasteiger partial charge in [0.2, 0.25) is 10.0 Å². The average molecular weight is 400 g/mol. The molecule has 10 heteroatoms. The topological polar surface area (TPSA) is 94.6 Å². The van der Waals surface area contributed by atoms with Crippen LogP contribution in [-0.4, -0.2) is 47.2 Å². The van der Waals surface area contributed by atoms with Gasteiger partial charge < -0.3 is 4.42 Å². The number of hydrogen-bond donors (Lipinski definition) is 0. The standard InChI is InChI=1S/C15H17N3O4S3/c1-3-18-14(19)13(24-15(18)23)9-11-5-6-12(22-11)10-17(8-4-7-16)25(2,20)21/h5-6,9H,3-4,8,10H2,1-2H3/b13-9-. The van der Waals surface area contributed by atoms with Crippen molar-refractivity contribution in [3.8, 4) is 6.07 Å². The maximum absolute atomic E-state index is 12.2. The fraction of sp³-hybridized carbons (Fsp3) is 0.400. The molecular formula is C15H17N3O4S3. The molecule has 0 N–H and O–H groups in total. The smallest absolute Gasteiger partial charge is 0.266 e. The van der Waals surface area contributed by atoms with Crippen LogP contribution in [-0.2, 0) is 21.4 Å². The van der Waals surface area contributed by atoms with Gasteiger partial charge in [0, 0.05) is 25.6 Å². The molecule has 2 rings (SSSR count). The Morgan fingerprint density at radius 2 is 2.20 bits per heavy atom. The molecule has 0 spiro atoms. The lowest BCUT2D eigenvalue weighted by Gasteiger charge is -2.16. The highest BCUT2D eigenvalue weighted by Crippen LogP contribution is 2.32. The van der Waals surface area contributed by atoms with E-state index < -0.39 is 10.0 Å². The summed E-state index contributed by atoms with van der Waals surface area (Å²) in [6, 6.07) is 5.24. The van der Waals surface area contributed by atoms with Crippen molar-refractivity contribution in [2.75, 3.05) is 19.3 Å². The summed E-state index contributed by atoms with van der Waals surface area (Å²) >= 11 is 6.36. The zero-order valence-electron chi connectivity index (χ0n) is 13.8. The first-order chi connectivity index (χ1) is 11.8. The van der Waals surface area contributed by atoms with Crippen molar-refractivity contribution in [3.63, 3.8) is 0 Å². The van der Waals surface area contributed by atoms with Crippen LogP contribution in [0.4, 0.5) is 0 Å². The number of amides is 1. The third-order valence-corrected chi connectivity index (χ3v) is 6.05. The van der Waals surface area contributed by atoms with Crippen molar-refractivity contribution in [2.45, 2.75) is 19.9 Å². The van der Waals surface area contributed by atoms with Gasteiger partial charge in [-0.1, -0.05) is 24.0 Å². The summed E-state index contributed by atoms with van der Waals surface area (Å²) in [5.74, 6) is 0.711. The predicted molar refractivity (Wildman–Crippen MR) is 99.7 cm³/mol. The van der Waals surface area contributed by atoms with Gasteiger partial charge in [0.05, 0.1) is 23.8 Å². The summed E-state index contributed by atoms with van der Waals surface area (Å²) < 4.78 is 30.8. The highest BCUT2D eigenvalue weighted by atomic mass is 32.2. The largest absolute Gasteiger partial charge is 0.460 e. The zero-order valence-corrected chi connectivity index (χ0v) is 16.2. The molecule has 1 amide bonds. The molecule has 0 radical (unpaired) electrons. The third-order valence-electron chi connectivity index (χ3n) is 3.42. The van der Waals surface area contributed by atoms with Gasteiger partial charge in [-0.15, -0.1) is 0 Å². The molecule has 0 saturated carbocycles. The van der Waals surface area contributed by atoms with Crippen molar-refractivity contribution in [3.05, 3.63) is 28.6 Å². The van der Waals surface area contributed by atoms with Gasteiger partial charge in [-0.2, -0.15) is 9.57 Å². The summed E-state index contributed by atoms with van der Waals surface area (Å²) in [4.78, 5) is 14.1. The van der Waals surface area contributed by atoms with Crippen LogP contribution in [0.25, 0.3) is 6.08 Å². The summed E-state index contributed by atoms with van der Waals surface area (Å²) in [6.07, 6.45) is 2.78. The first-order valence-corrected chi connectivity index (χ1v) is 10.5. The lowest BCUT2D eigenvalue weighted by atomic mass is 10.3. The van der Waals surface area contributed by atoms with Crippen LogP contribution in [0, 0.1) is 11.3 Å². The summed E-state index contributed by atoms with van der Waals surface area (Å²) in [7, 11) is -3.45. The lowest BCUT2D eigenvalue weighted by Crippen LogP contribution is -2.30. The average Bonchev–Trinajstić information content (AvgIpc) is 3.07. The normalized spacial score (nSPS) is 16.9. The number of thiocarbonyl (C=S) groups is 1. The molecule has 0 atom stereocenters. The molecule has 1 saturated heterocycles. The fourth-order valence-corrected chi connectivity index (χ4v) is 4.32. The Kier molecular flexibility index (Phi) is 6.40. The Morgan fingerprint density at radius 3 is 2.76 bits per heavy atom. The van der Waals surface area contributed by atoms with Crippen molar-refractivity contribution < 1.29 is 17.6 Å². The second-order valence-corrected chi connectivity index (χ2v) is 8.89. The second-order valence-electron chi connectivity index (χ2n) is 5.23. The minimum absolute atomic E-state index is 0.0320. The van der Waals surface area contributed by atoms with Crippen molar-refractivity contribution in [2.24, 2.45) is 0 Å². The first kappa shape index (κ1) is 19.7. The molecule has 0 bridgehead atoms. The van der Waals surface area contributed by atoms with E-state index in [1.165, 1.54) is 21.0 Å². The van der Waals surface area contributed by atoms with Crippen LogP contribution >= 0.6 is 24.0 Å². The summed E-state index contributed by atoms with van der Waals surface area (Å²) in [6.45, 7) is 2.48. The van der Waals surface area contributed by atoms with Gasteiger partial charge >= 0.3 is 0 Å². The van der Waals surface area contributed by atoms with E-state index in [1.54, 1.807) is 18.2 Å². The van der Waals surface area contributed by atoms with E-state index >= 15 is 0 Å². The molecule has 134 valence electrons. The van der Waals surface area contributed by atoms with E-state index in [4.69, 9.17) is 21.9 Å². The predicted octanol–water partition coefficient (Wildman–Crippen LogP) is 2.18. The molecular weight excluding hydrogens is 382 g/mol. The number of nitriles is 1. The summed E-state index contributed by atoms with van der Waals surface area (Å²) in [5.41, 5.74) is 0. The van der Waals surface area contributed by atoms with E-state index in [-0.39, 0.29) is 25.4 Å². The molecule has 25 heavy (non-hydrogen) atoms. The van der Waals surface area contributed by atoms with E-state index in [1.807, 2.05) is 13.0 Å². The maximum atomic E-state index is 12.2. The van der Waals surface area contributed by atoms with Crippen LogP contribution in [0.5, 0.6) is 0 Å². The number of carbonyl (C=O) groups excluding carboxylic acids is 1. The van der Waals surface area contributed by atoms with E-state index in [0.29, 0.717) is 27.3 Å². The highest BCUT2D eigenvalue weighted by molar-refractivity contribution is 8.26. The molecule has 1 aromatic rings. The number of nitrogens with zero attached hydrogens (tertiary/aromatic N) is 3. The Bertz CT molecular complexity index is 852. The molecule has 0 aliphatic carbocycles. The monoisotopic (exact) mass is 399 g/mol. The van der Waals surface area contributed by atoms with E-state index in [0.717, 1.165) is 6.26 Å². The Hall–Kier alpha value is -1.67. The minimum atomic E-state index is -3.45. The van der Waals surface area contributed by atoms with Gasteiger partial charge in [-0.25, -0.2) is 8.42 Å². The van der Waals surface area contributed by atoms with E-state index in [2.05, 4.69) is 0 Å². The zero-order chi connectivity index (χ0) is 18.6. The van der Waals surface area contributed by atoms with Crippen LogP contribution in [0.3, 0.4) is 0 Å². The lowest BCUT2D eigenvalue weighted by molar-refractivity contribution is -0.122. The molecule has 7 nitrogen and oxygen atoms in total. The van der Waals surface area contributed by atoms with Crippen LogP contribution in [0.15, 0.2) is 21.5 Å². The maximum Gasteiger partial charge on any atom is 0.266 e. The van der Waals surface area contributed by atoms with Crippen LogP contribution in [0.2, 0.25) is 0 Å². The second kappa shape index (κ2) is 8.14. The van der Waals surface area contributed by atoms with Gasteiger partial charge in [0.15, 0.2) is 0 Å². The fourth-order valence-electron chi connectivity index (χ4n) is 2.17. The van der Waals surface area contributed by atoms with Gasteiger partial charge in [0.1, 0.15) is 15.8 Å². The van der Waals surface area contributed by atoms with Gasteiger partial charge in [-0.3, -0.25) is 9.69 Å². The molecule has 0 unspecified atom stereocenters. The molecule has 2 heterocycles. The van der Waals surface area contributed by atoms with Crippen LogP contribution < -0.4 is 0 Å². The molecule has 1 aromatic heterocycles.